The van der Waals surface area contributed by atoms with Crippen LogP contribution in [0.4, 0.5) is 26.3 Å². The Balaban J connectivity index is 1.87. The Kier molecular flexibility index (Phi) is 5.48. The summed E-state index contributed by atoms with van der Waals surface area (Å²) in [5.74, 6) is -20.4. The molecule has 1 saturated heterocycles. The first-order valence-electron chi connectivity index (χ1n) is 11.8. The van der Waals surface area contributed by atoms with E-state index in [1.807, 2.05) is 0 Å². The van der Waals surface area contributed by atoms with Crippen molar-refractivity contribution in [3.63, 3.8) is 0 Å². The van der Waals surface area contributed by atoms with Gasteiger partial charge in [0.1, 0.15) is 0 Å². The number of halogens is 9. The topological polar surface area (TPSA) is 50.2 Å². The number of rotatable bonds is 4. The Bertz CT molecular complexity index is 1470. The van der Waals surface area contributed by atoms with Gasteiger partial charge in [-0.25, -0.2) is 9.69 Å². The highest BCUT2D eigenvalue weighted by molar-refractivity contribution is 6.35. The number of aromatic nitrogens is 2. The van der Waals surface area contributed by atoms with E-state index in [4.69, 9.17) is 40.3 Å². The molecule has 0 radical (unpaired) electrons. The highest BCUT2D eigenvalue weighted by Crippen LogP contribution is 2.49. The molecule has 0 saturated carbocycles. The number of alkyl halides is 6. The third kappa shape index (κ3) is 4.53. The van der Waals surface area contributed by atoms with E-state index in [1.54, 1.807) is 0 Å². The number of hydrogen-bond acceptors (Lipinski definition) is 3. The van der Waals surface area contributed by atoms with Crippen molar-refractivity contribution >= 4 is 40.7 Å². The Hall–Kier alpha value is -2.47. The fourth-order valence-corrected chi connectivity index (χ4v) is 3.96. The summed E-state index contributed by atoms with van der Waals surface area (Å²) >= 11 is 18.2. The van der Waals surface area contributed by atoms with Gasteiger partial charge in [-0.2, -0.15) is 31.4 Å². The molecule has 14 heteroatoms. The lowest BCUT2D eigenvalue weighted by atomic mass is 10.00. The van der Waals surface area contributed by atoms with Crippen LogP contribution in [-0.4, -0.2) is 51.5 Å². The summed E-state index contributed by atoms with van der Waals surface area (Å²) in [6, 6.07) is 10.2. The van der Waals surface area contributed by atoms with Crippen molar-refractivity contribution in [1.82, 2.24) is 20.2 Å². The van der Waals surface area contributed by atoms with Crippen LogP contribution in [0.3, 0.4) is 0 Å². The number of nitrogens with zero attached hydrogens (tertiary/aromatic N) is 3. The van der Waals surface area contributed by atoms with Crippen LogP contribution in [0.25, 0.3) is 16.9 Å². The predicted octanol–water partition coefficient (Wildman–Crippen LogP) is 6.67. The number of carbonyl (C=O) groups is 1. The van der Waals surface area contributed by atoms with E-state index in [0.717, 1.165) is 4.68 Å². The molecule has 0 aliphatic carbocycles. The lowest BCUT2D eigenvalue weighted by Crippen LogP contribution is -2.69. The number of piperidine rings is 1. The molecule has 2 heterocycles. The second-order valence-corrected chi connectivity index (χ2v) is 8.84. The summed E-state index contributed by atoms with van der Waals surface area (Å²) in [6.45, 7) is -8.35. The summed E-state index contributed by atoms with van der Waals surface area (Å²) in [6.07, 6.45) is 0. The molecule has 1 fully saturated rings. The number of hydrogen-bond donors (Lipinski definition) is 1. The minimum atomic E-state index is -6.46. The van der Waals surface area contributed by atoms with Gasteiger partial charge < -0.3 is 0 Å². The van der Waals surface area contributed by atoms with Crippen molar-refractivity contribution in [3.05, 3.63) is 68.8 Å². The van der Waals surface area contributed by atoms with E-state index in [-0.39, 0.29) is 27.0 Å². The molecule has 5 nitrogen and oxygen atoms in total. The van der Waals surface area contributed by atoms with Crippen LogP contribution >= 0.6 is 34.8 Å². The molecule has 1 amide bonds. The smallest absolute Gasteiger partial charge is 0.283 e. The van der Waals surface area contributed by atoms with E-state index < -0.39 is 47.4 Å². The minimum Gasteiger partial charge on any atom is -0.283 e. The molecular weight excluding hydrogens is 557 g/mol. The molecule has 1 N–H and O–H groups in total. The average molecular weight is 576 g/mol. The van der Waals surface area contributed by atoms with Crippen LogP contribution in [-0.2, 0) is 0 Å². The third-order valence-corrected chi connectivity index (χ3v) is 5.89. The minimum absolute atomic E-state index is 0.0300. The highest BCUT2D eigenvalue weighted by Gasteiger charge is 2.75. The molecule has 3 aromatic rings. The molecule has 1 aliphatic heterocycles. The molecule has 0 bridgehead atoms. The predicted molar refractivity (Wildman–Crippen MR) is 123 cm³/mol. The summed E-state index contributed by atoms with van der Waals surface area (Å²) in [5.41, 5.74) is 1.22. The van der Waals surface area contributed by atoms with Crippen LogP contribution in [0.2, 0.25) is 15.1 Å². The molecule has 1 aliphatic rings. The maximum absolute atomic E-state index is 14.4. The number of nitrogens with one attached hydrogen (secondary N) is 1. The molecule has 36 heavy (non-hydrogen) atoms. The summed E-state index contributed by atoms with van der Waals surface area (Å²) in [5, 5.41) is 3.52. The Morgan fingerprint density at radius 3 is 2.08 bits per heavy atom. The SMILES string of the molecule is [2H]C1([2H])N(NC(=O)c2nn(-c3ccc(Cl)cc3Cl)c(-c3ccc(Cl)cc3)c2C)C([2H])([2H])C(F)(F)C(F)(F)C1(F)F. The Morgan fingerprint density at radius 1 is 0.972 bits per heavy atom. The Morgan fingerprint density at radius 2 is 1.53 bits per heavy atom. The molecule has 0 unspecified atom stereocenters. The fraction of sp³-hybridized carbons (Fsp3) is 0.273. The first kappa shape index (κ1) is 21.6. The zero-order chi connectivity index (χ0) is 30.2. The quantitative estimate of drug-likeness (QED) is 0.354. The summed E-state index contributed by atoms with van der Waals surface area (Å²) in [7, 11) is 0. The van der Waals surface area contributed by atoms with E-state index >= 15 is 0 Å². The number of carbonyl (C=O) groups excluding carboxylic acids is 1. The van der Waals surface area contributed by atoms with Gasteiger partial charge in [-0.05, 0) is 37.3 Å². The third-order valence-electron chi connectivity index (χ3n) is 5.10. The van der Waals surface area contributed by atoms with E-state index in [1.165, 1.54) is 54.8 Å². The van der Waals surface area contributed by atoms with E-state index in [9.17, 15) is 31.1 Å². The van der Waals surface area contributed by atoms with Gasteiger partial charge in [-0.3, -0.25) is 10.2 Å². The molecular formula is C22H15Cl3F6N4O. The average Bonchev–Trinajstić information content (AvgIpc) is 3.18. The van der Waals surface area contributed by atoms with Gasteiger partial charge in [0.2, 0.25) is 0 Å². The molecule has 1 aromatic heterocycles. The van der Waals surface area contributed by atoms with Crippen molar-refractivity contribution in [1.29, 1.82) is 0 Å². The second-order valence-electron chi connectivity index (χ2n) is 7.56. The van der Waals surface area contributed by atoms with E-state index in [0.29, 0.717) is 10.6 Å². The van der Waals surface area contributed by atoms with Crippen molar-refractivity contribution in [2.45, 2.75) is 24.7 Å². The first-order chi connectivity index (χ1) is 18.2. The van der Waals surface area contributed by atoms with Gasteiger partial charge in [0.05, 0.1) is 34.9 Å². The number of amides is 1. The van der Waals surface area contributed by atoms with Crippen LogP contribution in [0, 0.1) is 6.92 Å². The van der Waals surface area contributed by atoms with Crippen LogP contribution in [0.1, 0.15) is 21.5 Å². The largest absolute Gasteiger partial charge is 0.374 e. The number of hydrazine groups is 1. The lowest BCUT2D eigenvalue weighted by molar-refractivity contribution is -0.341. The number of benzene rings is 2. The monoisotopic (exact) mass is 574 g/mol. The summed E-state index contributed by atoms with van der Waals surface area (Å²) in [4.78, 5) is 13.2. The lowest BCUT2D eigenvalue weighted by Gasteiger charge is -2.42. The van der Waals surface area contributed by atoms with Crippen LogP contribution in [0.5, 0.6) is 0 Å². The normalized spacial score (nSPS) is 23.2. The molecule has 0 spiro atoms. The standard InChI is InChI=1S/C22H15Cl3F6N4O/c1-11-17(19(36)33-34-9-20(26,27)22(30,31)21(28,29)10-34)32-35(16-7-6-14(24)8-15(16)25)18(11)12-2-4-13(23)5-3-12/h2-8H,9-10H2,1H3,(H,33,36)/i9D2,10D2. The zero-order valence-corrected chi connectivity index (χ0v) is 20.0. The van der Waals surface area contributed by atoms with Gasteiger partial charge in [-0.1, -0.05) is 46.9 Å². The van der Waals surface area contributed by atoms with Crippen molar-refractivity contribution in [2.24, 2.45) is 0 Å². The second kappa shape index (κ2) is 9.13. The van der Waals surface area contributed by atoms with Crippen molar-refractivity contribution in [3.8, 4) is 16.9 Å². The first-order valence-corrected chi connectivity index (χ1v) is 10.9. The van der Waals surface area contributed by atoms with Gasteiger partial charge in [0, 0.05) is 21.2 Å². The van der Waals surface area contributed by atoms with Gasteiger partial charge >= 0.3 is 17.8 Å². The molecule has 192 valence electrons. The van der Waals surface area contributed by atoms with E-state index in [2.05, 4.69) is 5.10 Å². The molecule has 2 aromatic carbocycles. The Labute approximate surface area is 221 Å². The summed E-state index contributed by atoms with van der Waals surface area (Å²) < 4.78 is 117. The van der Waals surface area contributed by atoms with Gasteiger partial charge in [-0.15, -0.1) is 0 Å². The molecule has 4 rings (SSSR count). The van der Waals surface area contributed by atoms with Gasteiger partial charge in [0.25, 0.3) is 5.91 Å². The highest BCUT2D eigenvalue weighted by atomic mass is 35.5. The zero-order valence-electron chi connectivity index (χ0n) is 21.7. The van der Waals surface area contributed by atoms with Crippen LogP contribution in [0.15, 0.2) is 42.5 Å². The van der Waals surface area contributed by atoms with Gasteiger partial charge in [0.15, 0.2) is 5.69 Å². The van der Waals surface area contributed by atoms with Crippen molar-refractivity contribution < 1.29 is 36.6 Å². The molecule has 0 atom stereocenters. The maximum Gasteiger partial charge on any atom is 0.374 e. The maximum atomic E-state index is 14.4. The fourth-order valence-electron chi connectivity index (χ4n) is 3.34. The van der Waals surface area contributed by atoms with Crippen LogP contribution < -0.4 is 5.43 Å². The van der Waals surface area contributed by atoms with Crippen molar-refractivity contribution in [2.75, 3.05) is 13.0 Å².